The molecule has 128 valence electrons. The SMILES string of the molecule is CCN1CCCN(CC(=O)O)CCNc2ccccc2NCC1. The molecule has 1 aliphatic rings. The van der Waals surface area contributed by atoms with Crippen LogP contribution < -0.4 is 10.6 Å². The lowest BCUT2D eigenvalue weighted by Crippen LogP contribution is -2.36. The molecule has 1 aromatic rings. The first-order valence-corrected chi connectivity index (χ1v) is 8.42. The van der Waals surface area contributed by atoms with Crippen LogP contribution in [0.4, 0.5) is 11.4 Å². The van der Waals surface area contributed by atoms with E-state index in [1.807, 2.05) is 17.0 Å². The van der Waals surface area contributed by atoms with Gasteiger partial charge < -0.3 is 20.6 Å². The molecular weight excluding hydrogens is 292 g/mol. The zero-order valence-electron chi connectivity index (χ0n) is 13.9. The fraction of sp³-hybridized carbons (Fsp3) is 0.588. The van der Waals surface area contributed by atoms with E-state index in [1.165, 1.54) is 0 Å². The number of nitrogens with one attached hydrogen (secondary N) is 2. The number of nitrogens with zero attached hydrogens (tertiary/aromatic N) is 2. The topological polar surface area (TPSA) is 67.8 Å². The van der Waals surface area contributed by atoms with Crippen molar-refractivity contribution in [3.8, 4) is 0 Å². The highest BCUT2D eigenvalue weighted by molar-refractivity contribution is 5.69. The predicted octanol–water partition coefficient (Wildman–Crippen LogP) is 1.62. The first-order chi connectivity index (χ1) is 11.2. The first kappa shape index (κ1) is 17.6. The van der Waals surface area contributed by atoms with Gasteiger partial charge in [0.25, 0.3) is 0 Å². The Morgan fingerprint density at radius 2 is 1.61 bits per heavy atom. The molecule has 6 heteroatoms. The molecule has 1 aliphatic heterocycles. The second-order valence-electron chi connectivity index (χ2n) is 5.86. The number of likely N-dealkylation sites (N-methyl/N-ethyl adjacent to an activating group) is 1. The maximum Gasteiger partial charge on any atom is 0.317 e. The van der Waals surface area contributed by atoms with Gasteiger partial charge in [0.1, 0.15) is 0 Å². The fourth-order valence-corrected chi connectivity index (χ4v) is 2.90. The van der Waals surface area contributed by atoms with E-state index in [4.69, 9.17) is 5.11 Å². The predicted molar refractivity (Wildman–Crippen MR) is 94.2 cm³/mol. The van der Waals surface area contributed by atoms with Crippen LogP contribution in [-0.4, -0.2) is 73.2 Å². The molecule has 0 saturated heterocycles. The molecular formula is C17H28N4O2. The molecule has 0 unspecified atom stereocenters. The average Bonchev–Trinajstić information content (AvgIpc) is 2.54. The minimum atomic E-state index is -0.760. The standard InChI is InChI=1S/C17H28N4O2/c1-2-20-10-5-11-21(14-17(22)23)13-9-19-16-7-4-3-6-15(16)18-8-12-20/h3-4,6-7,18-19H,2,5,8-14H2,1H3,(H,22,23). The summed E-state index contributed by atoms with van der Waals surface area (Å²) < 4.78 is 0. The van der Waals surface area contributed by atoms with Crippen LogP contribution in [0.2, 0.25) is 0 Å². The molecule has 0 aromatic heterocycles. The highest BCUT2D eigenvalue weighted by Crippen LogP contribution is 2.20. The summed E-state index contributed by atoms with van der Waals surface area (Å²) in [5, 5.41) is 16.0. The van der Waals surface area contributed by atoms with Gasteiger partial charge in [0, 0.05) is 32.7 Å². The van der Waals surface area contributed by atoms with Gasteiger partial charge in [0.2, 0.25) is 0 Å². The highest BCUT2D eigenvalue weighted by Gasteiger charge is 2.12. The molecule has 0 atom stereocenters. The van der Waals surface area contributed by atoms with Gasteiger partial charge in [0.05, 0.1) is 17.9 Å². The van der Waals surface area contributed by atoms with Crippen molar-refractivity contribution in [3.63, 3.8) is 0 Å². The molecule has 0 bridgehead atoms. The summed E-state index contributed by atoms with van der Waals surface area (Å²) in [7, 11) is 0. The number of rotatable bonds is 3. The van der Waals surface area contributed by atoms with Crippen LogP contribution in [-0.2, 0) is 4.79 Å². The zero-order chi connectivity index (χ0) is 16.5. The van der Waals surface area contributed by atoms with Gasteiger partial charge in [-0.2, -0.15) is 0 Å². The van der Waals surface area contributed by atoms with E-state index in [0.717, 1.165) is 63.6 Å². The maximum absolute atomic E-state index is 11.0. The Bertz CT molecular complexity index is 495. The molecule has 2 rings (SSSR count). The molecule has 6 nitrogen and oxygen atoms in total. The van der Waals surface area contributed by atoms with Crippen molar-refractivity contribution in [2.75, 3.05) is 63.0 Å². The summed E-state index contributed by atoms with van der Waals surface area (Å²) in [6.45, 7) is 8.48. The van der Waals surface area contributed by atoms with E-state index in [9.17, 15) is 4.79 Å². The third-order valence-corrected chi connectivity index (χ3v) is 4.17. The molecule has 0 aliphatic carbocycles. The summed E-state index contributed by atoms with van der Waals surface area (Å²) in [5.41, 5.74) is 2.18. The smallest absolute Gasteiger partial charge is 0.317 e. The third-order valence-electron chi connectivity index (χ3n) is 4.17. The number of benzene rings is 1. The van der Waals surface area contributed by atoms with Gasteiger partial charge in [0.15, 0.2) is 0 Å². The summed E-state index contributed by atoms with van der Waals surface area (Å²) in [4.78, 5) is 15.4. The summed E-state index contributed by atoms with van der Waals surface area (Å²) in [5.74, 6) is -0.760. The van der Waals surface area contributed by atoms with Gasteiger partial charge in [-0.15, -0.1) is 0 Å². The van der Waals surface area contributed by atoms with E-state index in [2.05, 4.69) is 34.6 Å². The van der Waals surface area contributed by atoms with Crippen LogP contribution in [0.15, 0.2) is 24.3 Å². The Labute approximate surface area is 138 Å². The van der Waals surface area contributed by atoms with Crippen LogP contribution in [0, 0.1) is 0 Å². The molecule has 1 heterocycles. The third kappa shape index (κ3) is 6.08. The van der Waals surface area contributed by atoms with E-state index < -0.39 is 5.97 Å². The Morgan fingerprint density at radius 1 is 1.04 bits per heavy atom. The molecule has 1 aromatic carbocycles. The van der Waals surface area contributed by atoms with Crippen LogP contribution in [0.25, 0.3) is 0 Å². The number of hydrogen-bond acceptors (Lipinski definition) is 5. The van der Waals surface area contributed by atoms with Crippen molar-refractivity contribution < 1.29 is 9.90 Å². The molecule has 3 N–H and O–H groups in total. The van der Waals surface area contributed by atoms with Gasteiger partial charge in [-0.1, -0.05) is 19.1 Å². The summed E-state index contributed by atoms with van der Waals surface area (Å²) in [6.07, 6.45) is 0.994. The lowest BCUT2D eigenvalue weighted by molar-refractivity contribution is -0.138. The lowest BCUT2D eigenvalue weighted by Gasteiger charge is -2.23. The van der Waals surface area contributed by atoms with Crippen LogP contribution in [0.5, 0.6) is 0 Å². The molecule has 0 fully saturated rings. The van der Waals surface area contributed by atoms with E-state index in [-0.39, 0.29) is 6.54 Å². The second kappa shape index (κ2) is 9.37. The Hall–Kier alpha value is -1.79. The number of para-hydroxylation sites is 2. The Morgan fingerprint density at radius 3 is 2.17 bits per heavy atom. The second-order valence-corrected chi connectivity index (χ2v) is 5.86. The molecule has 0 radical (unpaired) electrons. The number of carboxylic acid groups (broad SMARTS) is 1. The van der Waals surface area contributed by atoms with Crippen LogP contribution in [0.3, 0.4) is 0 Å². The number of anilines is 2. The van der Waals surface area contributed by atoms with Crippen LogP contribution in [0.1, 0.15) is 13.3 Å². The molecule has 0 amide bonds. The number of carboxylic acids is 1. The number of fused-ring (bicyclic) bond motifs is 1. The largest absolute Gasteiger partial charge is 0.480 e. The zero-order valence-corrected chi connectivity index (χ0v) is 13.9. The molecule has 0 saturated carbocycles. The van der Waals surface area contributed by atoms with Gasteiger partial charge in [-0.05, 0) is 31.6 Å². The number of carbonyl (C=O) groups is 1. The minimum absolute atomic E-state index is 0.105. The van der Waals surface area contributed by atoms with E-state index in [1.54, 1.807) is 0 Å². The van der Waals surface area contributed by atoms with Gasteiger partial charge in [-0.3, -0.25) is 9.69 Å². The number of hydrogen-bond donors (Lipinski definition) is 3. The quantitative estimate of drug-likeness (QED) is 0.786. The average molecular weight is 320 g/mol. The van der Waals surface area contributed by atoms with E-state index in [0.29, 0.717) is 0 Å². The monoisotopic (exact) mass is 320 g/mol. The van der Waals surface area contributed by atoms with Crippen LogP contribution >= 0.6 is 0 Å². The summed E-state index contributed by atoms with van der Waals surface area (Å²) >= 11 is 0. The fourth-order valence-electron chi connectivity index (χ4n) is 2.90. The molecule has 0 spiro atoms. The maximum atomic E-state index is 11.0. The van der Waals surface area contributed by atoms with Gasteiger partial charge in [-0.25, -0.2) is 0 Å². The first-order valence-electron chi connectivity index (χ1n) is 8.42. The molecule has 23 heavy (non-hydrogen) atoms. The van der Waals surface area contributed by atoms with Crippen molar-refractivity contribution in [2.45, 2.75) is 13.3 Å². The Balaban J connectivity index is 2.05. The van der Waals surface area contributed by atoms with Crippen molar-refractivity contribution in [1.82, 2.24) is 9.80 Å². The lowest BCUT2D eigenvalue weighted by atomic mass is 10.2. The van der Waals surface area contributed by atoms with Crippen molar-refractivity contribution in [1.29, 1.82) is 0 Å². The van der Waals surface area contributed by atoms with E-state index >= 15 is 0 Å². The number of aliphatic carboxylic acids is 1. The minimum Gasteiger partial charge on any atom is -0.480 e. The van der Waals surface area contributed by atoms with Gasteiger partial charge >= 0.3 is 5.97 Å². The summed E-state index contributed by atoms with van der Waals surface area (Å²) in [6, 6.07) is 8.17. The Kier molecular flexibility index (Phi) is 7.16. The van der Waals surface area contributed by atoms with Crippen molar-refractivity contribution >= 4 is 17.3 Å². The highest BCUT2D eigenvalue weighted by atomic mass is 16.4. The van der Waals surface area contributed by atoms with Crippen molar-refractivity contribution in [3.05, 3.63) is 24.3 Å². The normalized spacial score (nSPS) is 18.5. The van der Waals surface area contributed by atoms with Crippen molar-refractivity contribution in [2.24, 2.45) is 0 Å².